The number of anilines is 1. The standard InChI is InChI=1S/C31H39NO4.C9H12/c1-6-8-21(9-7-2)14-24-15-23-17-30(29(35-5)18-27(23)31(24)34)36-19-25-11-10-22-16-26(33)12-13-28(22)32(25)20(3)4;1-2-6-9-7-4-3-5-8-9/h10-13,16-21,24,33H,6-9,14-15H2,1-5H3;3-5,7-8H,2,6H2,1H3/b25-19-;. The predicted molar refractivity (Wildman–Crippen MR) is 186 cm³/mol. The van der Waals surface area contributed by atoms with Crippen LogP contribution in [0, 0.1) is 11.8 Å². The Morgan fingerprint density at radius 3 is 2.31 bits per heavy atom. The zero-order valence-corrected chi connectivity index (χ0v) is 28.0. The van der Waals surface area contributed by atoms with Gasteiger partial charge < -0.3 is 19.5 Å². The number of aromatic hydroxyl groups is 1. The van der Waals surface area contributed by atoms with Crippen LogP contribution in [-0.2, 0) is 12.8 Å². The van der Waals surface area contributed by atoms with Crippen molar-refractivity contribution in [1.29, 1.82) is 0 Å². The minimum Gasteiger partial charge on any atom is -0.508 e. The number of hydrogen-bond donors (Lipinski definition) is 1. The number of carbonyl (C=O) groups is 1. The molecule has 1 atom stereocenters. The maximum atomic E-state index is 13.2. The Hall–Kier alpha value is -3.99. The molecule has 0 aromatic heterocycles. The molecule has 0 saturated carbocycles. The summed E-state index contributed by atoms with van der Waals surface area (Å²) in [5, 5.41) is 9.87. The van der Waals surface area contributed by atoms with Crippen molar-refractivity contribution in [2.45, 2.75) is 92.0 Å². The Morgan fingerprint density at radius 2 is 1.67 bits per heavy atom. The molecule has 0 radical (unpaired) electrons. The number of ketones is 1. The van der Waals surface area contributed by atoms with E-state index in [1.807, 2.05) is 30.4 Å². The van der Waals surface area contributed by atoms with Gasteiger partial charge >= 0.3 is 0 Å². The summed E-state index contributed by atoms with van der Waals surface area (Å²) in [6, 6.07) is 20.0. The number of allylic oxidation sites excluding steroid dienone is 1. The van der Waals surface area contributed by atoms with Gasteiger partial charge in [-0.25, -0.2) is 0 Å². The van der Waals surface area contributed by atoms with Crippen LogP contribution in [-0.4, -0.2) is 24.0 Å². The Bertz CT molecular complexity index is 1470. The lowest BCUT2D eigenvalue weighted by Crippen LogP contribution is -2.31. The number of carbonyl (C=O) groups excluding carboxylic acids is 1. The summed E-state index contributed by atoms with van der Waals surface area (Å²) in [5.41, 5.74) is 6.15. The van der Waals surface area contributed by atoms with E-state index in [9.17, 15) is 9.90 Å². The van der Waals surface area contributed by atoms with Gasteiger partial charge in [-0.2, -0.15) is 0 Å². The Balaban J connectivity index is 0.000000440. The minimum atomic E-state index is 0.0482. The number of rotatable bonds is 12. The van der Waals surface area contributed by atoms with Gasteiger partial charge in [-0.1, -0.05) is 89.3 Å². The summed E-state index contributed by atoms with van der Waals surface area (Å²) in [7, 11) is 1.61. The van der Waals surface area contributed by atoms with Crippen molar-refractivity contribution < 1.29 is 19.4 Å². The summed E-state index contributed by atoms with van der Waals surface area (Å²) < 4.78 is 11.8. The first-order valence-corrected chi connectivity index (χ1v) is 16.8. The van der Waals surface area contributed by atoms with Crippen LogP contribution in [0.15, 0.2) is 78.7 Å². The zero-order chi connectivity index (χ0) is 32.3. The molecule has 0 bridgehead atoms. The molecule has 240 valence electrons. The molecule has 45 heavy (non-hydrogen) atoms. The molecule has 0 spiro atoms. The van der Waals surface area contributed by atoms with Gasteiger partial charge in [0, 0.05) is 28.8 Å². The lowest BCUT2D eigenvalue weighted by molar-refractivity contribution is 0.0915. The highest BCUT2D eigenvalue weighted by Gasteiger charge is 2.33. The number of fused-ring (bicyclic) bond motifs is 2. The molecule has 2 aliphatic rings. The number of phenolic OH excluding ortho intramolecular Hbond substituents is 1. The fraction of sp³-hybridized carbons (Fsp3) is 0.425. The third-order valence-electron chi connectivity index (χ3n) is 8.69. The molecule has 0 saturated heterocycles. The first-order valence-electron chi connectivity index (χ1n) is 16.8. The summed E-state index contributed by atoms with van der Waals surface area (Å²) in [5.74, 6) is 2.33. The second kappa shape index (κ2) is 16.4. The molecule has 1 heterocycles. The van der Waals surface area contributed by atoms with Gasteiger partial charge in [0.05, 0.1) is 12.8 Å². The van der Waals surface area contributed by atoms with Crippen molar-refractivity contribution in [3.63, 3.8) is 0 Å². The van der Waals surface area contributed by atoms with Crippen molar-refractivity contribution in [3.05, 3.63) is 101 Å². The Labute approximate surface area is 270 Å². The molecule has 1 aliphatic carbocycles. The van der Waals surface area contributed by atoms with Crippen LogP contribution in [0.1, 0.15) is 100 Å². The van der Waals surface area contributed by atoms with Gasteiger partial charge in [0.15, 0.2) is 17.3 Å². The molecule has 1 N–H and O–H groups in total. The first-order chi connectivity index (χ1) is 21.8. The van der Waals surface area contributed by atoms with Gasteiger partial charge in [0.2, 0.25) is 0 Å². The first kappa shape index (κ1) is 33.9. The van der Waals surface area contributed by atoms with Gasteiger partial charge in [0.1, 0.15) is 12.0 Å². The number of methoxy groups -OCH3 is 1. The zero-order valence-electron chi connectivity index (χ0n) is 28.0. The molecular formula is C40H51NO4. The lowest BCUT2D eigenvalue weighted by Gasteiger charge is -2.33. The van der Waals surface area contributed by atoms with Crippen molar-refractivity contribution in [1.82, 2.24) is 0 Å². The van der Waals surface area contributed by atoms with Crippen molar-refractivity contribution in [3.8, 4) is 17.2 Å². The van der Waals surface area contributed by atoms with E-state index in [1.165, 1.54) is 31.2 Å². The highest BCUT2D eigenvalue weighted by Crippen LogP contribution is 2.40. The molecular weight excluding hydrogens is 558 g/mol. The highest BCUT2D eigenvalue weighted by molar-refractivity contribution is 6.03. The minimum absolute atomic E-state index is 0.0482. The molecule has 3 aromatic rings. The number of benzene rings is 3. The average molecular weight is 610 g/mol. The summed E-state index contributed by atoms with van der Waals surface area (Å²) in [6.07, 6.45) is 14.6. The average Bonchev–Trinajstić information content (AvgIpc) is 3.33. The number of aryl methyl sites for hydroxylation is 1. The second-order valence-corrected chi connectivity index (χ2v) is 12.5. The highest BCUT2D eigenvalue weighted by atomic mass is 16.5. The van der Waals surface area contributed by atoms with Crippen molar-refractivity contribution >= 4 is 17.5 Å². The maximum Gasteiger partial charge on any atom is 0.168 e. The number of nitrogens with zero attached hydrogens (tertiary/aromatic N) is 1. The van der Waals surface area contributed by atoms with Crippen LogP contribution in [0.25, 0.3) is 6.08 Å². The predicted octanol–water partition coefficient (Wildman–Crippen LogP) is 10.2. The summed E-state index contributed by atoms with van der Waals surface area (Å²) >= 11 is 0. The van der Waals surface area contributed by atoms with Gasteiger partial charge in [0.25, 0.3) is 0 Å². The third-order valence-corrected chi connectivity index (χ3v) is 8.69. The van der Waals surface area contributed by atoms with E-state index in [-0.39, 0.29) is 23.5 Å². The largest absolute Gasteiger partial charge is 0.508 e. The van der Waals surface area contributed by atoms with Crippen LogP contribution in [0.2, 0.25) is 0 Å². The van der Waals surface area contributed by atoms with Gasteiger partial charge in [-0.3, -0.25) is 4.79 Å². The van der Waals surface area contributed by atoms with Crippen molar-refractivity contribution in [2.24, 2.45) is 11.8 Å². The number of ether oxygens (including phenoxy) is 2. The van der Waals surface area contributed by atoms with Gasteiger partial charge in [-0.15, -0.1) is 0 Å². The normalized spacial score (nSPS) is 16.1. The quantitative estimate of drug-likeness (QED) is 0.207. The number of hydrogen-bond acceptors (Lipinski definition) is 5. The third kappa shape index (κ3) is 8.59. The molecule has 5 heteroatoms. The molecule has 0 amide bonds. The van der Waals surface area contributed by atoms with E-state index in [2.05, 4.69) is 69.9 Å². The summed E-state index contributed by atoms with van der Waals surface area (Å²) in [4.78, 5) is 15.4. The van der Waals surface area contributed by atoms with Crippen LogP contribution in [0.4, 0.5) is 5.69 Å². The lowest BCUT2D eigenvalue weighted by atomic mass is 9.86. The molecule has 3 aromatic carbocycles. The van der Waals surface area contributed by atoms with E-state index < -0.39 is 0 Å². The molecule has 0 fully saturated rings. The SMILES string of the molecule is CCCC(CCC)CC1Cc2cc(O/C=C3/C=Cc4cc(O)ccc4N3C(C)C)c(OC)cc2C1=O.CCCc1ccccc1. The monoisotopic (exact) mass is 609 g/mol. The smallest absolute Gasteiger partial charge is 0.168 e. The van der Waals surface area contributed by atoms with Crippen LogP contribution >= 0.6 is 0 Å². The number of Topliss-reactive ketones (excluding diaryl/α,β-unsaturated/α-hetero) is 1. The molecule has 5 rings (SSSR count). The molecule has 1 unspecified atom stereocenters. The maximum absolute atomic E-state index is 13.2. The van der Waals surface area contributed by atoms with E-state index in [4.69, 9.17) is 9.47 Å². The fourth-order valence-electron chi connectivity index (χ4n) is 6.64. The molecule has 1 aliphatic heterocycles. The van der Waals surface area contributed by atoms with E-state index in [0.717, 1.165) is 53.8 Å². The van der Waals surface area contributed by atoms with Crippen LogP contribution in [0.5, 0.6) is 17.2 Å². The Kier molecular flexibility index (Phi) is 12.3. The van der Waals surface area contributed by atoms with Crippen LogP contribution in [0.3, 0.4) is 0 Å². The Morgan fingerprint density at radius 1 is 0.933 bits per heavy atom. The topological polar surface area (TPSA) is 59.0 Å². The second-order valence-electron chi connectivity index (χ2n) is 12.5. The number of phenols is 1. The van der Waals surface area contributed by atoms with E-state index >= 15 is 0 Å². The van der Waals surface area contributed by atoms with Crippen LogP contribution < -0.4 is 14.4 Å². The fourth-order valence-corrected chi connectivity index (χ4v) is 6.64. The van der Waals surface area contributed by atoms with Crippen molar-refractivity contribution in [2.75, 3.05) is 12.0 Å². The van der Waals surface area contributed by atoms with E-state index in [1.54, 1.807) is 25.5 Å². The summed E-state index contributed by atoms with van der Waals surface area (Å²) in [6.45, 7) is 10.9. The van der Waals surface area contributed by atoms with Gasteiger partial charge in [-0.05, 0) is 86.6 Å². The van der Waals surface area contributed by atoms with E-state index in [0.29, 0.717) is 17.4 Å². The molecule has 5 nitrogen and oxygen atoms in total.